The minimum absolute atomic E-state index is 0.323. The molecule has 2 bridgehead atoms. The molecule has 0 unspecified atom stereocenters. The number of rotatable bonds is 4. The highest BCUT2D eigenvalue weighted by molar-refractivity contribution is 6.35. The predicted octanol–water partition coefficient (Wildman–Crippen LogP) is 0.478. The Bertz CT molecular complexity index is 861. The van der Waals surface area contributed by atoms with Crippen molar-refractivity contribution in [3.8, 4) is 5.82 Å². The Hall–Kier alpha value is -2.84. The first-order valence-electron chi connectivity index (χ1n) is 8.60. The van der Waals surface area contributed by atoms with Crippen LogP contribution in [-0.2, 0) is 16.1 Å². The summed E-state index contributed by atoms with van der Waals surface area (Å²) in [5.41, 5.74) is -0.649. The Morgan fingerprint density at radius 2 is 1.92 bits per heavy atom. The van der Waals surface area contributed by atoms with Crippen LogP contribution in [0.2, 0.25) is 0 Å². The Labute approximate surface area is 148 Å². The topological polar surface area (TPSA) is 84.2 Å². The summed E-state index contributed by atoms with van der Waals surface area (Å²) < 4.78 is 15.3. The van der Waals surface area contributed by atoms with E-state index in [-0.39, 0.29) is 0 Å². The molecule has 3 heterocycles. The van der Waals surface area contributed by atoms with Crippen LogP contribution in [0, 0.1) is 0 Å². The summed E-state index contributed by atoms with van der Waals surface area (Å²) in [7, 11) is 0. The lowest BCUT2D eigenvalue weighted by Crippen LogP contribution is -2.79. The zero-order valence-corrected chi connectivity index (χ0v) is 14.0. The molecule has 2 amide bonds. The van der Waals surface area contributed by atoms with Crippen molar-refractivity contribution in [1.82, 2.24) is 29.8 Å². The molecule has 0 spiro atoms. The number of pyridine rings is 1. The van der Waals surface area contributed by atoms with E-state index in [1.165, 1.54) is 4.90 Å². The van der Waals surface area contributed by atoms with Gasteiger partial charge in [0.2, 0.25) is 0 Å². The van der Waals surface area contributed by atoms with E-state index >= 15 is 0 Å². The van der Waals surface area contributed by atoms with Crippen molar-refractivity contribution in [3.05, 3.63) is 36.3 Å². The number of piperazine rings is 1. The summed E-state index contributed by atoms with van der Waals surface area (Å²) >= 11 is 0. The van der Waals surface area contributed by atoms with Gasteiger partial charge in [-0.2, -0.15) is 0 Å². The van der Waals surface area contributed by atoms with E-state index in [0.29, 0.717) is 44.7 Å². The van der Waals surface area contributed by atoms with Crippen molar-refractivity contribution >= 4 is 11.8 Å². The second-order valence-corrected chi connectivity index (χ2v) is 7.46. The third-order valence-corrected chi connectivity index (χ3v) is 5.66. The van der Waals surface area contributed by atoms with E-state index in [1.54, 1.807) is 34.2 Å². The molecule has 0 aromatic carbocycles. The molecular formula is C17H17FN6O2. The monoisotopic (exact) mass is 356 g/mol. The standard InChI is InChI=1S/C17H17FN6O2/c18-16-9-17(10-16,11-16)23-6-5-22(14(25)15(23)26)8-12-1-2-13(19-7-12)24-4-3-20-21-24/h1-4,7H,5-6,8-11H2. The average molecular weight is 356 g/mol. The van der Waals surface area contributed by atoms with Gasteiger partial charge < -0.3 is 9.80 Å². The van der Waals surface area contributed by atoms with Gasteiger partial charge in [0.15, 0.2) is 5.82 Å². The Kier molecular flexibility index (Phi) is 3.02. The van der Waals surface area contributed by atoms with Crippen LogP contribution >= 0.6 is 0 Å². The van der Waals surface area contributed by atoms with Crippen molar-refractivity contribution in [2.75, 3.05) is 13.1 Å². The molecule has 1 aliphatic heterocycles. The molecule has 3 saturated carbocycles. The molecule has 134 valence electrons. The summed E-state index contributed by atoms with van der Waals surface area (Å²) in [5, 5.41) is 7.60. The molecule has 1 saturated heterocycles. The molecular weight excluding hydrogens is 339 g/mol. The summed E-state index contributed by atoms with van der Waals surface area (Å²) in [5.74, 6) is -0.401. The second kappa shape index (κ2) is 5.09. The molecule has 0 N–H and O–H groups in total. The first-order chi connectivity index (χ1) is 12.5. The lowest BCUT2D eigenvalue weighted by atomic mass is 9.46. The number of aromatic nitrogens is 4. The lowest BCUT2D eigenvalue weighted by molar-refractivity contribution is -0.230. The fourth-order valence-corrected chi connectivity index (χ4v) is 4.37. The van der Waals surface area contributed by atoms with Crippen molar-refractivity contribution in [2.24, 2.45) is 0 Å². The highest BCUT2D eigenvalue weighted by Crippen LogP contribution is 2.66. The van der Waals surface area contributed by atoms with E-state index in [1.807, 2.05) is 6.07 Å². The molecule has 8 nitrogen and oxygen atoms in total. The molecule has 9 heteroatoms. The summed E-state index contributed by atoms with van der Waals surface area (Å²) in [6, 6.07) is 3.64. The first-order valence-corrected chi connectivity index (χ1v) is 8.60. The van der Waals surface area contributed by atoms with Gasteiger partial charge in [0.25, 0.3) is 0 Å². The molecule has 4 fully saturated rings. The van der Waals surface area contributed by atoms with E-state index in [0.717, 1.165) is 5.56 Å². The van der Waals surface area contributed by atoms with Crippen LogP contribution in [0.1, 0.15) is 24.8 Å². The van der Waals surface area contributed by atoms with Gasteiger partial charge in [-0.05, 0) is 11.6 Å². The average Bonchev–Trinajstić information content (AvgIpc) is 3.11. The Morgan fingerprint density at radius 3 is 2.54 bits per heavy atom. The summed E-state index contributed by atoms with van der Waals surface area (Å²) in [6.07, 6.45) is 6.06. The smallest absolute Gasteiger partial charge is 0.312 e. The van der Waals surface area contributed by atoms with E-state index in [9.17, 15) is 14.0 Å². The molecule has 6 rings (SSSR count). The number of carbonyl (C=O) groups is 2. The highest BCUT2D eigenvalue weighted by atomic mass is 19.1. The van der Waals surface area contributed by atoms with Crippen LogP contribution < -0.4 is 0 Å². The number of hydrogen-bond donors (Lipinski definition) is 0. The second-order valence-electron chi connectivity index (χ2n) is 7.46. The SMILES string of the molecule is O=C1C(=O)N(C23CC(F)(C2)C3)CCN1Cc1ccc(-n2ccnn2)nc1. The van der Waals surface area contributed by atoms with Crippen LogP contribution in [0.25, 0.3) is 5.82 Å². The number of halogens is 1. The number of amides is 2. The number of nitrogens with zero attached hydrogens (tertiary/aromatic N) is 6. The van der Waals surface area contributed by atoms with Crippen LogP contribution in [-0.4, -0.2) is 65.9 Å². The minimum atomic E-state index is -1.09. The zero-order valence-electron chi connectivity index (χ0n) is 14.0. The third-order valence-electron chi connectivity index (χ3n) is 5.66. The van der Waals surface area contributed by atoms with Gasteiger partial charge in [-0.1, -0.05) is 11.3 Å². The maximum atomic E-state index is 13.7. The number of alkyl halides is 1. The van der Waals surface area contributed by atoms with Crippen LogP contribution in [0.3, 0.4) is 0 Å². The maximum absolute atomic E-state index is 13.7. The van der Waals surface area contributed by atoms with E-state index in [4.69, 9.17) is 0 Å². The zero-order chi connectivity index (χ0) is 17.9. The van der Waals surface area contributed by atoms with Crippen LogP contribution in [0.5, 0.6) is 0 Å². The van der Waals surface area contributed by atoms with Gasteiger partial charge >= 0.3 is 11.8 Å². The first kappa shape index (κ1) is 15.4. The third kappa shape index (κ3) is 2.16. The Morgan fingerprint density at radius 1 is 1.12 bits per heavy atom. The lowest BCUT2D eigenvalue weighted by Gasteiger charge is -2.69. The van der Waals surface area contributed by atoms with Crippen molar-refractivity contribution in [3.63, 3.8) is 0 Å². The van der Waals surface area contributed by atoms with Crippen molar-refractivity contribution in [2.45, 2.75) is 37.0 Å². The fraction of sp³-hybridized carbons (Fsp3) is 0.471. The minimum Gasteiger partial charge on any atom is -0.328 e. The van der Waals surface area contributed by atoms with Crippen molar-refractivity contribution in [1.29, 1.82) is 0 Å². The fourth-order valence-electron chi connectivity index (χ4n) is 4.37. The van der Waals surface area contributed by atoms with Gasteiger partial charge in [-0.25, -0.2) is 14.1 Å². The number of hydrogen-bond acceptors (Lipinski definition) is 5. The predicted molar refractivity (Wildman–Crippen MR) is 86.7 cm³/mol. The maximum Gasteiger partial charge on any atom is 0.312 e. The van der Waals surface area contributed by atoms with Crippen LogP contribution in [0.15, 0.2) is 30.7 Å². The normalized spacial score (nSPS) is 30.2. The number of carbonyl (C=O) groups excluding carboxylic acids is 2. The van der Waals surface area contributed by atoms with Gasteiger partial charge in [-0.15, -0.1) is 5.10 Å². The Balaban J connectivity index is 1.26. The van der Waals surface area contributed by atoms with Crippen molar-refractivity contribution < 1.29 is 14.0 Å². The van der Waals surface area contributed by atoms with Crippen LogP contribution in [0.4, 0.5) is 4.39 Å². The molecule has 0 radical (unpaired) electrons. The largest absolute Gasteiger partial charge is 0.328 e. The van der Waals surface area contributed by atoms with Gasteiger partial charge in [0.05, 0.1) is 17.9 Å². The van der Waals surface area contributed by atoms with Gasteiger partial charge in [0.1, 0.15) is 5.67 Å². The molecule has 3 aliphatic carbocycles. The molecule has 0 atom stereocenters. The highest BCUT2D eigenvalue weighted by Gasteiger charge is 2.73. The van der Waals surface area contributed by atoms with E-state index in [2.05, 4.69) is 15.3 Å². The molecule has 4 aliphatic rings. The molecule has 26 heavy (non-hydrogen) atoms. The summed E-state index contributed by atoms with van der Waals surface area (Å²) in [4.78, 5) is 32.4. The van der Waals surface area contributed by atoms with E-state index < -0.39 is 23.0 Å². The van der Waals surface area contributed by atoms with Gasteiger partial charge in [0, 0.05) is 45.1 Å². The summed E-state index contributed by atoms with van der Waals surface area (Å²) in [6.45, 7) is 1.24. The van der Waals surface area contributed by atoms with Gasteiger partial charge in [-0.3, -0.25) is 9.59 Å². The molecule has 2 aromatic rings. The quantitative estimate of drug-likeness (QED) is 0.744. The molecule has 2 aromatic heterocycles.